The number of hydrogen-bond donors (Lipinski definition) is 0. The average Bonchev–Trinajstić information content (AvgIpc) is 2.02. The molecule has 0 N–H and O–H groups in total. The van der Waals surface area contributed by atoms with Gasteiger partial charge in [0.2, 0.25) is 0 Å². The van der Waals surface area contributed by atoms with Gasteiger partial charge in [-0.15, -0.1) is 0 Å². The van der Waals surface area contributed by atoms with E-state index in [9.17, 15) is 0 Å². The van der Waals surface area contributed by atoms with Crippen LogP contribution in [-0.4, -0.2) is 0 Å². The molecule has 0 amide bonds. The van der Waals surface area contributed by atoms with Crippen molar-refractivity contribution in [1.29, 1.82) is 0 Å². The summed E-state index contributed by atoms with van der Waals surface area (Å²) in [6.07, 6.45) is 10.5. The van der Waals surface area contributed by atoms with Gasteiger partial charge in [-0.3, -0.25) is 0 Å². The molecule has 0 saturated carbocycles. The molecule has 80 valence electrons. The molecule has 3 atom stereocenters. The molecule has 0 fully saturated rings. The van der Waals surface area contributed by atoms with Gasteiger partial charge in [0.05, 0.1) is 0 Å². The van der Waals surface area contributed by atoms with Crippen molar-refractivity contribution in [3.05, 3.63) is 24.3 Å². The summed E-state index contributed by atoms with van der Waals surface area (Å²) in [7, 11) is 0. The first-order chi connectivity index (χ1) is 6.49. The highest BCUT2D eigenvalue weighted by atomic mass is 14.4. The van der Waals surface area contributed by atoms with Gasteiger partial charge in [-0.1, -0.05) is 52.0 Å². The van der Waals surface area contributed by atoms with Crippen molar-refractivity contribution in [3.63, 3.8) is 0 Å². The molecule has 0 heterocycles. The Balaban J connectivity index is 2.87. The quantitative estimate of drug-likeness (QED) is 0.567. The van der Waals surface area contributed by atoms with Crippen molar-refractivity contribution < 1.29 is 0 Å². The standard InChI is InChI=1S/C14H24/c1-6-8-11(2)13-12(3)9-7-10-14(13,4)5/h6-9,11-13H,10H2,1-5H3/b8-6+. The van der Waals surface area contributed by atoms with Gasteiger partial charge in [0.1, 0.15) is 0 Å². The van der Waals surface area contributed by atoms with E-state index >= 15 is 0 Å². The molecule has 1 aliphatic rings. The predicted molar refractivity (Wildman–Crippen MR) is 64.2 cm³/mol. The molecule has 1 rings (SSSR count). The van der Waals surface area contributed by atoms with E-state index in [0.29, 0.717) is 17.3 Å². The topological polar surface area (TPSA) is 0 Å². The fourth-order valence-corrected chi connectivity index (χ4v) is 3.17. The van der Waals surface area contributed by atoms with E-state index in [4.69, 9.17) is 0 Å². The zero-order valence-corrected chi connectivity index (χ0v) is 10.2. The summed E-state index contributed by atoms with van der Waals surface area (Å²) in [6.45, 7) is 11.6. The predicted octanol–water partition coefficient (Wildman–Crippen LogP) is 4.44. The fraction of sp³-hybridized carbons (Fsp3) is 0.714. The van der Waals surface area contributed by atoms with Gasteiger partial charge in [-0.05, 0) is 36.5 Å². The van der Waals surface area contributed by atoms with Crippen molar-refractivity contribution >= 4 is 0 Å². The second kappa shape index (κ2) is 4.33. The van der Waals surface area contributed by atoms with Crippen molar-refractivity contribution in [1.82, 2.24) is 0 Å². The summed E-state index contributed by atoms with van der Waals surface area (Å²) >= 11 is 0. The van der Waals surface area contributed by atoms with Crippen LogP contribution >= 0.6 is 0 Å². The number of allylic oxidation sites excluding steroid dienone is 4. The molecule has 3 unspecified atom stereocenters. The summed E-state index contributed by atoms with van der Waals surface area (Å²) in [4.78, 5) is 0. The maximum Gasteiger partial charge on any atom is -0.0223 e. The second-order valence-corrected chi connectivity index (χ2v) is 5.39. The van der Waals surface area contributed by atoms with Crippen LogP contribution in [0.25, 0.3) is 0 Å². The molecule has 0 radical (unpaired) electrons. The highest BCUT2D eigenvalue weighted by Crippen LogP contribution is 2.44. The molecule has 0 bridgehead atoms. The van der Waals surface area contributed by atoms with Crippen molar-refractivity contribution in [2.45, 2.75) is 41.0 Å². The van der Waals surface area contributed by atoms with Crippen LogP contribution in [0.4, 0.5) is 0 Å². The summed E-state index contributed by atoms with van der Waals surface area (Å²) in [6, 6.07) is 0. The molecule has 0 aromatic carbocycles. The molecular formula is C14H24. The summed E-state index contributed by atoms with van der Waals surface area (Å²) in [5.41, 5.74) is 0.451. The third-order valence-corrected chi connectivity index (χ3v) is 3.61. The van der Waals surface area contributed by atoms with Crippen molar-refractivity contribution in [2.75, 3.05) is 0 Å². The van der Waals surface area contributed by atoms with Crippen LogP contribution in [0, 0.1) is 23.2 Å². The fourth-order valence-electron chi connectivity index (χ4n) is 3.17. The molecule has 1 aliphatic carbocycles. The van der Waals surface area contributed by atoms with Gasteiger partial charge in [-0.25, -0.2) is 0 Å². The first-order valence-corrected chi connectivity index (χ1v) is 5.78. The summed E-state index contributed by atoms with van der Waals surface area (Å²) < 4.78 is 0. The third kappa shape index (κ3) is 2.29. The molecule has 0 heteroatoms. The zero-order valence-electron chi connectivity index (χ0n) is 10.2. The molecule has 0 aliphatic heterocycles. The third-order valence-electron chi connectivity index (χ3n) is 3.61. The van der Waals surface area contributed by atoms with Crippen LogP contribution in [0.5, 0.6) is 0 Å². The lowest BCUT2D eigenvalue weighted by atomic mass is 9.62. The molecule has 0 saturated heterocycles. The highest BCUT2D eigenvalue weighted by Gasteiger charge is 2.36. The smallest absolute Gasteiger partial charge is 0.0223 e. The Labute approximate surface area is 89.1 Å². The van der Waals surface area contributed by atoms with Crippen LogP contribution in [0.15, 0.2) is 24.3 Å². The van der Waals surface area contributed by atoms with Crippen LogP contribution < -0.4 is 0 Å². The zero-order chi connectivity index (χ0) is 10.8. The van der Waals surface area contributed by atoms with Gasteiger partial charge >= 0.3 is 0 Å². The minimum absolute atomic E-state index is 0.451. The van der Waals surface area contributed by atoms with Crippen LogP contribution in [0.3, 0.4) is 0 Å². The van der Waals surface area contributed by atoms with E-state index in [1.54, 1.807) is 0 Å². The minimum Gasteiger partial charge on any atom is -0.0914 e. The van der Waals surface area contributed by atoms with E-state index in [2.05, 4.69) is 58.9 Å². The number of hydrogen-bond acceptors (Lipinski definition) is 0. The molecular weight excluding hydrogens is 168 g/mol. The SMILES string of the molecule is C/C=C/C(C)C1C(C)C=CCC1(C)C. The van der Waals surface area contributed by atoms with Gasteiger partial charge in [0, 0.05) is 0 Å². The Morgan fingerprint density at radius 3 is 2.57 bits per heavy atom. The van der Waals surface area contributed by atoms with Gasteiger partial charge < -0.3 is 0 Å². The first-order valence-electron chi connectivity index (χ1n) is 5.78. The van der Waals surface area contributed by atoms with Gasteiger partial charge in [0.25, 0.3) is 0 Å². The Bertz CT molecular complexity index is 232. The van der Waals surface area contributed by atoms with Crippen molar-refractivity contribution in [3.8, 4) is 0 Å². The summed E-state index contributed by atoms with van der Waals surface area (Å²) in [5.74, 6) is 2.18. The highest BCUT2D eigenvalue weighted by molar-refractivity contribution is 5.06. The Hall–Kier alpha value is -0.520. The average molecular weight is 192 g/mol. The van der Waals surface area contributed by atoms with Crippen molar-refractivity contribution in [2.24, 2.45) is 23.2 Å². The maximum atomic E-state index is 2.40. The second-order valence-electron chi connectivity index (χ2n) is 5.39. The van der Waals surface area contributed by atoms with E-state index in [1.165, 1.54) is 6.42 Å². The molecule has 0 nitrogen and oxygen atoms in total. The lowest BCUT2D eigenvalue weighted by molar-refractivity contribution is 0.122. The molecule has 0 aromatic heterocycles. The Kier molecular flexibility index (Phi) is 3.58. The van der Waals surface area contributed by atoms with E-state index < -0.39 is 0 Å². The minimum atomic E-state index is 0.451. The molecule has 0 spiro atoms. The lowest BCUT2D eigenvalue weighted by Gasteiger charge is -2.42. The number of rotatable bonds is 2. The van der Waals surface area contributed by atoms with E-state index in [0.717, 1.165) is 5.92 Å². The Morgan fingerprint density at radius 1 is 1.43 bits per heavy atom. The normalized spacial score (nSPS) is 33.5. The van der Waals surface area contributed by atoms with E-state index in [-0.39, 0.29) is 0 Å². The van der Waals surface area contributed by atoms with Crippen LogP contribution in [0.2, 0.25) is 0 Å². The first kappa shape index (κ1) is 11.6. The summed E-state index contributed by atoms with van der Waals surface area (Å²) in [5, 5.41) is 0. The molecule has 0 aromatic rings. The van der Waals surface area contributed by atoms with E-state index in [1.807, 2.05) is 0 Å². The van der Waals surface area contributed by atoms with Crippen LogP contribution in [0.1, 0.15) is 41.0 Å². The van der Waals surface area contributed by atoms with Gasteiger partial charge in [-0.2, -0.15) is 0 Å². The largest absolute Gasteiger partial charge is 0.0914 e. The monoisotopic (exact) mass is 192 g/mol. The van der Waals surface area contributed by atoms with Crippen LogP contribution in [-0.2, 0) is 0 Å². The lowest BCUT2D eigenvalue weighted by Crippen LogP contribution is -2.35. The Morgan fingerprint density at radius 2 is 2.07 bits per heavy atom. The maximum absolute atomic E-state index is 2.40. The molecule has 14 heavy (non-hydrogen) atoms. The van der Waals surface area contributed by atoms with Gasteiger partial charge in [0.15, 0.2) is 0 Å².